The molecule has 0 fully saturated rings. The Labute approximate surface area is 341 Å². The van der Waals surface area contributed by atoms with E-state index in [-0.39, 0.29) is 87.2 Å². The number of nitro benzene ring substituents is 1. The SMILES string of the molecule is CC(CNC(=O)CCN1C(=O)C=CC1=O)OCCCOCCC(=O)NCC(=O)Nc1cc(COC(=O)Oc2ccc([N+](=O)[O-])cc2)ccc1OCc1cnc([N+](=O)[O-])n1C. The number of imidazole rings is 1. The molecule has 1 aliphatic heterocycles. The van der Waals surface area contributed by atoms with Gasteiger partial charge in [-0.15, -0.1) is 0 Å². The van der Waals surface area contributed by atoms with Crippen molar-refractivity contribution in [3.63, 3.8) is 0 Å². The fourth-order valence-corrected chi connectivity index (χ4v) is 5.13. The summed E-state index contributed by atoms with van der Waals surface area (Å²) in [4.78, 5) is 98.3. The number of amides is 5. The van der Waals surface area contributed by atoms with Crippen molar-refractivity contribution in [1.82, 2.24) is 25.1 Å². The van der Waals surface area contributed by atoms with E-state index >= 15 is 0 Å². The Balaban J connectivity index is 1.17. The van der Waals surface area contributed by atoms with E-state index in [1.165, 1.54) is 48.1 Å². The van der Waals surface area contributed by atoms with Crippen molar-refractivity contribution >= 4 is 53.0 Å². The second kappa shape index (κ2) is 22.6. The maximum absolute atomic E-state index is 12.9. The van der Waals surface area contributed by atoms with E-state index in [4.69, 9.17) is 23.7 Å². The molecule has 0 spiro atoms. The molecule has 23 nitrogen and oxygen atoms in total. The van der Waals surface area contributed by atoms with Crippen LogP contribution in [0.5, 0.6) is 11.5 Å². The molecule has 0 saturated carbocycles. The summed E-state index contributed by atoms with van der Waals surface area (Å²) < 4.78 is 28.4. The van der Waals surface area contributed by atoms with E-state index in [0.717, 1.165) is 29.2 Å². The number of imide groups is 1. The smallest absolute Gasteiger partial charge is 0.484 e. The Morgan fingerprint density at radius 1 is 0.867 bits per heavy atom. The fourth-order valence-electron chi connectivity index (χ4n) is 5.13. The Bertz CT molecular complexity index is 2070. The van der Waals surface area contributed by atoms with Crippen LogP contribution in [0.25, 0.3) is 0 Å². The molecule has 1 aromatic heterocycles. The van der Waals surface area contributed by atoms with Gasteiger partial charge in [0.2, 0.25) is 17.7 Å². The summed E-state index contributed by atoms with van der Waals surface area (Å²) in [6.45, 7) is 1.72. The van der Waals surface area contributed by atoms with E-state index in [1.54, 1.807) is 6.92 Å². The molecule has 4 rings (SSSR count). The number of non-ortho nitro benzene ring substituents is 1. The normalized spacial score (nSPS) is 12.5. The van der Waals surface area contributed by atoms with E-state index < -0.39 is 52.1 Å². The van der Waals surface area contributed by atoms with E-state index in [0.29, 0.717) is 24.3 Å². The van der Waals surface area contributed by atoms with Gasteiger partial charge >= 0.3 is 12.1 Å². The van der Waals surface area contributed by atoms with Crippen LogP contribution in [0.15, 0.2) is 60.8 Å². The molecule has 0 radical (unpaired) electrons. The van der Waals surface area contributed by atoms with Crippen molar-refractivity contribution in [2.24, 2.45) is 7.05 Å². The lowest BCUT2D eigenvalue weighted by atomic mass is 10.2. The average molecular weight is 839 g/mol. The minimum Gasteiger partial charge on any atom is -0.484 e. The van der Waals surface area contributed by atoms with Crippen LogP contribution < -0.4 is 25.4 Å². The first-order chi connectivity index (χ1) is 28.7. The first-order valence-corrected chi connectivity index (χ1v) is 18.3. The first-order valence-electron chi connectivity index (χ1n) is 18.3. The summed E-state index contributed by atoms with van der Waals surface area (Å²) in [5, 5.41) is 29.9. The third-order valence-corrected chi connectivity index (χ3v) is 8.33. The summed E-state index contributed by atoms with van der Waals surface area (Å²) in [5.41, 5.74) is 0.644. The van der Waals surface area contributed by atoms with Gasteiger partial charge in [0.1, 0.15) is 30.9 Å². The van der Waals surface area contributed by atoms with Crippen molar-refractivity contribution in [2.75, 3.05) is 44.8 Å². The topological polar surface area (TPSA) is 292 Å². The zero-order valence-corrected chi connectivity index (χ0v) is 32.5. The van der Waals surface area contributed by atoms with Crippen molar-refractivity contribution < 1.29 is 62.3 Å². The van der Waals surface area contributed by atoms with Crippen molar-refractivity contribution in [3.8, 4) is 11.5 Å². The third kappa shape index (κ3) is 14.6. The second-order valence-corrected chi connectivity index (χ2v) is 12.8. The van der Waals surface area contributed by atoms with Crippen molar-refractivity contribution in [1.29, 1.82) is 0 Å². The molecule has 320 valence electrons. The number of benzene rings is 2. The number of anilines is 1. The molecule has 1 aliphatic rings. The second-order valence-electron chi connectivity index (χ2n) is 12.8. The number of aromatic nitrogens is 2. The lowest BCUT2D eigenvalue weighted by Gasteiger charge is -2.16. The molecule has 23 heteroatoms. The number of nitro groups is 2. The van der Waals surface area contributed by atoms with Crippen LogP contribution in [-0.4, -0.2) is 106 Å². The van der Waals surface area contributed by atoms with Crippen LogP contribution in [0.1, 0.15) is 37.4 Å². The zero-order chi connectivity index (χ0) is 43.6. The molecule has 2 heterocycles. The lowest BCUT2D eigenvalue weighted by Crippen LogP contribution is -2.37. The highest BCUT2D eigenvalue weighted by atomic mass is 16.7. The minimum atomic E-state index is -1.11. The molecule has 0 bridgehead atoms. The van der Waals surface area contributed by atoms with Gasteiger partial charge in [-0.25, -0.2) is 9.36 Å². The number of nitrogens with zero attached hydrogens (tertiary/aromatic N) is 5. The molecule has 3 aromatic rings. The number of nitrogens with one attached hydrogen (secondary N) is 3. The van der Waals surface area contributed by atoms with Gasteiger partial charge in [0, 0.05) is 63.4 Å². The van der Waals surface area contributed by atoms with Gasteiger partial charge in [-0.2, -0.15) is 0 Å². The predicted octanol–water partition coefficient (Wildman–Crippen LogP) is 2.22. The number of ether oxygens (including phenoxy) is 5. The predicted molar refractivity (Wildman–Crippen MR) is 205 cm³/mol. The highest BCUT2D eigenvalue weighted by molar-refractivity contribution is 6.13. The highest BCUT2D eigenvalue weighted by Gasteiger charge is 2.24. The summed E-state index contributed by atoms with van der Waals surface area (Å²) in [6, 6.07) is 9.19. The van der Waals surface area contributed by atoms with Gasteiger partial charge in [-0.05, 0) is 48.1 Å². The summed E-state index contributed by atoms with van der Waals surface area (Å²) >= 11 is 0. The number of carbonyl (C=O) groups excluding carboxylic acids is 6. The Kier molecular flexibility index (Phi) is 17.1. The van der Waals surface area contributed by atoms with Gasteiger partial charge in [-0.3, -0.25) is 39.0 Å². The largest absolute Gasteiger partial charge is 0.514 e. The van der Waals surface area contributed by atoms with Gasteiger partial charge in [-0.1, -0.05) is 11.1 Å². The molecule has 1 unspecified atom stereocenters. The fraction of sp³-hybridized carbons (Fsp3) is 0.378. The van der Waals surface area contributed by atoms with Gasteiger partial charge < -0.3 is 49.7 Å². The molecular weight excluding hydrogens is 796 g/mol. The maximum Gasteiger partial charge on any atom is 0.514 e. The standard InChI is InChI=1S/C37H42N8O15/c1-24(19-38-31(46)12-14-43-34(49)10-11-35(43)50)57-16-3-15-56-17-13-32(47)39-21-33(48)41-29-18-25(22-59-37(51)60-28-7-5-26(6-8-28)44(52)53)4-9-30(29)58-23-27-20-40-36(42(27)2)45(54)55/h4-11,18,20,24H,3,12-17,19,21-23H2,1-2H3,(H,38,46)(H,39,47)(H,41,48). The maximum atomic E-state index is 12.9. The molecule has 2 aromatic carbocycles. The van der Waals surface area contributed by atoms with E-state index in [9.17, 15) is 49.0 Å². The molecule has 0 aliphatic carbocycles. The average Bonchev–Trinajstić information content (AvgIpc) is 3.75. The van der Waals surface area contributed by atoms with Crippen molar-refractivity contribution in [3.05, 3.63) is 92.3 Å². The summed E-state index contributed by atoms with van der Waals surface area (Å²) in [5.74, 6) is -2.60. The molecule has 60 heavy (non-hydrogen) atoms. The number of hydrogen-bond acceptors (Lipinski definition) is 16. The number of hydrogen-bond donors (Lipinski definition) is 3. The van der Waals surface area contributed by atoms with Crippen LogP contribution in [0, 0.1) is 20.2 Å². The first kappa shape index (κ1) is 45.4. The zero-order valence-electron chi connectivity index (χ0n) is 32.5. The van der Waals surface area contributed by atoms with E-state index in [2.05, 4.69) is 20.9 Å². The quantitative estimate of drug-likeness (QED) is 0.0291. The van der Waals surface area contributed by atoms with Crippen LogP contribution in [-0.2, 0) is 58.4 Å². The molecular formula is C37H42N8O15. The minimum absolute atomic E-state index is 0.00764. The Morgan fingerprint density at radius 3 is 2.27 bits per heavy atom. The van der Waals surface area contributed by atoms with Crippen LogP contribution in [0.4, 0.5) is 22.1 Å². The highest BCUT2D eigenvalue weighted by Crippen LogP contribution is 2.28. The number of rotatable bonds is 24. The van der Waals surface area contributed by atoms with Gasteiger partial charge in [0.15, 0.2) is 5.69 Å². The Hall–Kier alpha value is -7.27. The lowest BCUT2D eigenvalue weighted by molar-refractivity contribution is -0.396. The van der Waals surface area contributed by atoms with Crippen LogP contribution in [0.2, 0.25) is 0 Å². The van der Waals surface area contributed by atoms with Crippen molar-refractivity contribution in [2.45, 2.75) is 45.5 Å². The van der Waals surface area contributed by atoms with Crippen LogP contribution in [0.3, 0.4) is 0 Å². The summed E-state index contributed by atoms with van der Waals surface area (Å²) in [7, 11) is 1.44. The molecule has 5 amide bonds. The molecule has 0 saturated heterocycles. The molecule has 1 atom stereocenters. The van der Waals surface area contributed by atoms with E-state index in [1.807, 2.05) is 0 Å². The third-order valence-electron chi connectivity index (χ3n) is 8.33. The monoisotopic (exact) mass is 838 g/mol. The number of carbonyl (C=O) groups is 6. The van der Waals surface area contributed by atoms with Gasteiger partial charge in [0.25, 0.3) is 17.5 Å². The van der Waals surface area contributed by atoms with Gasteiger partial charge in [0.05, 0.1) is 36.9 Å². The Morgan fingerprint density at radius 2 is 1.58 bits per heavy atom. The summed E-state index contributed by atoms with van der Waals surface area (Å²) in [6.07, 6.45) is 2.58. The molecule has 3 N–H and O–H groups in total. The van der Waals surface area contributed by atoms with Crippen LogP contribution >= 0.6 is 0 Å².